The molecule has 0 unspecified atom stereocenters. The van der Waals surface area contributed by atoms with Crippen molar-refractivity contribution in [3.8, 4) is 0 Å². The van der Waals surface area contributed by atoms with Gasteiger partial charge in [0.25, 0.3) is 5.91 Å². The quantitative estimate of drug-likeness (QED) is 0.707. The summed E-state index contributed by atoms with van der Waals surface area (Å²) in [6, 6.07) is 9.54. The summed E-state index contributed by atoms with van der Waals surface area (Å²) in [6.45, 7) is 4.03. The number of para-hydroxylation sites is 1. The highest BCUT2D eigenvalue weighted by Crippen LogP contribution is 2.33. The number of carbonyl (C=O) groups excluding carboxylic acids is 1. The first-order valence-electron chi connectivity index (χ1n) is 6.94. The molecule has 4 N–H and O–H groups in total. The fourth-order valence-electron chi connectivity index (χ4n) is 2.81. The van der Waals surface area contributed by atoms with Crippen LogP contribution in [0, 0.1) is 6.92 Å². The predicted molar refractivity (Wildman–Crippen MR) is 86.3 cm³/mol. The molecule has 106 valence electrons. The molecule has 21 heavy (non-hydrogen) atoms. The molecule has 0 saturated carbocycles. The Labute approximate surface area is 122 Å². The molecule has 0 fully saturated rings. The van der Waals surface area contributed by atoms with Gasteiger partial charge in [-0.05, 0) is 30.5 Å². The van der Waals surface area contributed by atoms with E-state index in [0.717, 1.165) is 33.8 Å². The first-order chi connectivity index (χ1) is 10.0. The van der Waals surface area contributed by atoms with Crippen LogP contribution in [0.1, 0.15) is 28.4 Å². The second-order valence-corrected chi connectivity index (χ2v) is 5.21. The minimum Gasteiger partial charge on any atom is -0.398 e. The number of carbonyl (C=O) groups is 1. The van der Waals surface area contributed by atoms with Gasteiger partial charge in [-0.25, -0.2) is 4.98 Å². The number of nitrogens with zero attached hydrogens (tertiary/aromatic N) is 1. The Hall–Kier alpha value is -2.62. The molecule has 1 amide bonds. The fraction of sp³-hybridized carbons (Fsp3) is 0.176. The van der Waals surface area contributed by atoms with E-state index in [0.29, 0.717) is 16.8 Å². The van der Waals surface area contributed by atoms with E-state index in [1.165, 1.54) is 0 Å². The minimum absolute atomic E-state index is 0.416. The third-order valence-electron chi connectivity index (χ3n) is 3.93. The number of nitrogens with two attached hydrogens (primary N) is 2. The number of hydrogen-bond donors (Lipinski definition) is 2. The van der Waals surface area contributed by atoms with Crippen LogP contribution in [-0.2, 0) is 6.42 Å². The van der Waals surface area contributed by atoms with Gasteiger partial charge in [0.15, 0.2) is 0 Å². The molecule has 4 nitrogen and oxygen atoms in total. The Morgan fingerprint density at radius 3 is 2.62 bits per heavy atom. The number of anilines is 1. The van der Waals surface area contributed by atoms with Crippen molar-refractivity contribution in [3.63, 3.8) is 0 Å². The van der Waals surface area contributed by atoms with Crippen LogP contribution in [-0.4, -0.2) is 10.9 Å². The first kappa shape index (κ1) is 13.4. The Balaban J connectivity index is 2.61. The van der Waals surface area contributed by atoms with Crippen LogP contribution in [0.4, 0.5) is 5.69 Å². The third kappa shape index (κ3) is 1.91. The van der Waals surface area contributed by atoms with Crippen LogP contribution in [0.15, 0.2) is 30.3 Å². The molecule has 2 aromatic carbocycles. The SMILES string of the molecule is CCc1ccc(C(N)=O)c2nc3c(C)cccc3c(N)c12. The van der Waals surface area contributed by atoms with E-state index in [9.17, 15) is 4.79 Å². The fourth-order valence-corrected chi connectivity index (χ4v) is 2.81. The van der Waals surface area contributed by atoms with E-state index in [-0.39, 0.29) is 0 Å². The van der Waals surface area contributed by atoms with E-state index in [2.05, 4.69) is 11.9 Å². The predicted octanol–water partition coefficient (Wildman–Crippen LogP) is 2.94. The zero-order valence-electron chi connectivity index (χ0n) is 12.1. The van der Waals surface area contributed by atoms with E-state index in [4.69, 9.17) is 11.5 Å². The van der Waals surface area contributed by atoms with Gasteiger partial charge in [0.05, 0.1) is 22.3 Å². The summed E-state index contributed by atoms with van der Waals surface area (Å²) in [5, 5.41) is 1.76. The molecule has 0 radical (unpaired) electrons. The molecule has 0 atom stereocenters. The van der Waals surface area contributed by atoms with Gasteiger partial charge >= 0.3 is 0 Å². The molecule has 0 aliphatic carbocycles. The Kier molecular flexibility index (Phi) is 3.01. The normalized spacial score (nSPS) is 11.1. The first-order valence-corrected chi connectivity index (χ1v) is 6.94. The highest BCUT2D eigenvalue weighted by atomic mass is 16.1. The average Bonchev–Trinajstić information content (AvgIpc) is 2.47. The average molecular weight is 279 g/mol. The second-order valence-electron chi connectivity index (χ2n) is 5.21. The highest BCUT2D eigenvalue weighted by molar-refractivity contribution is 6.14. The lowest BCUT2D eigenvalue weighted by Gasteiger charge is -2.13. The van der Waals surface area contributed by atoms with Crippen LogP contribution in [0.3, 0.4) is 0 Å². The van der Waals surface area contributed by atoms with Crippen molar-refractivity contribution in [2.75, 3.05) is 5.73 Å². The van der Waals surface area contributed by atoms with Crippen molar-refractivity contribution in [2.24, 2.45) is 5.73 Å². The molecule has 0 saturated heterocycles. The van der Waals surface area contributed by atoms with Gasteiger partial charge in [-0.3, -0.25) is 4.79 Å². The van der Waals surface area contributed by atoms with Crippen LogP contribution >= 0.6 is 0 Å². The van der Waals surface area contributed by atoms with Gasteiger partial charge in [-0.2, -0.15) is 0 Å². The van der Waals surface area contributed by atoms with Crippen molar-refractivity contribution in [1.29, 1.82) is 0 Å². The number of benzene rings is 2. The number of rotatable bonds is 2. The number of fused-ring (bicyclic) bond motifs is 2. The van der Waals surface area contributed by atoms with Crippen molar-refractivity contribution in [2.45, 2.75) is 20.3 Å². The highest BCUT2D eigenvalue weighted by Gasteiger charge is 2.16. The molecular weight excluding hydrogens is 262 g/mol. The molecule has 3 aromatic rings. The van der Waals surface area contributed by atoms with E-state index in [1.807, 2.05) is 31.2 Å². The summed E-state index contributed by atoms with van der Waals surface area (Å²) in [5.41, 5.74) is 16.5. The zero-order chi connectivity index (χ0) is 15.1. The van der Waals surface area contributed by atoms with E-state index in [1.54, 1.807) is 6.07 Å². The lowest BCUT2D eigenvalue weighted by molar-refractivity contribution is 0.100. The molecule has 0 aliphatic rings. The van der Waals surface area contributed by atoms with Gasteiger partial charge < -0.3 is 11.5 Å². The molecule has 0 bridgehead atoms. The number of nitrogen functional groups attached to an aromatic ring is 1. The summed E-state index contributed by atoms with van der Waals surface area (Å²) in [5.74, 6) is -0.484. The summed E-state index contributed by atoms with van der Waals surface area (Å²) >= 11 is 0. The topological polar surface area (TPSA) is 82.0 Å². The molecule has 1 aromatic heterocycles. The third-order valence-corrected chi connectivity index (χ3v) is 3.93. The van der Waals surface area contributed by atoms with E-state index >= 15 is 0 Å². The Bertz CT molecular complexity index is 884. The maximum absolute atomic E-state index is 11.7. The molecular formula is C17H17N3O. The molecule has 1 heterocycles. The maximum atomic E-state index is 11.7. The van der Waals surface area contributed by atoms with Crippen LogP contribution in [0.5, 0.6) is 0 Å². The van der Waals surface area contributed by atoms with Crippen LogP contribution in [0.25, 0.3) is 21.8 Å². The number of amides is 1. The van der Waals surface area contributed by atoms with Gasteiger partial charge in [0.1, 0.15) is 0 Å². The smallest absolute Gasteiger partial charge is 0.250 e. The van der Waals surface area contributed by atoms with Crippen molar-refractivity contribution >= 4 is 33.4 Å². The summed E-state index contributed by atoms with van der Waals surface area (Å²) < 4.78 is 0. The largest absolute Gasteiger partial charge is 0.398 e. The van der Waals surface area contributed by atoms with Crippen molar-refractivity contribution in [1.82, 2.24) is 4.98 Å². The molecule has 0 aliphatic heterocycles. The van der Waals surface area contributed by atoms with Crippen molar-refractivity contribution in [3.05, 3.63) is 47.0 Å². The maximum Gasteiger partial charge on any atom is 0.250 e. The summed E-state index contributed by atoms with van der Waals surface area (Å²) in [6.07, 6.45) is 0.818. The van der Waals surface area contributed by atoms with Gasteiger partial charge in [-0.1, -0.05) is 31.2 Å². The van der Waals surface area contributed by atoms with Gasteiger partial charge in [-0.15, -0.1) is 0 Å². The van der Waals surface area contributed by atoms with Crippen LogP contribution in [0.2, 0.25) is 0 Å². The second kappa shape index (κ2) is 4.74. The number of pyridine rings is 1. The van der Waals surface area contributed by atoms with E-state index < -0.39 is 5.91 Å². The Morgan fingerprint density at radius 1 is 1.19 bits per heavy atom. The Morgan fingerprint density at radius 2 is 1.95 bits per heavy atom. The lowest BCUT2D eigenvalue weighted by Crippen LogP contribution is -2.13. The van der Waals surface area contributed by atoms with Gasteiger partial charge in [0.2, 0.25) is 0 Å². The lowest BCUT2D eigenvalue weighted by atomic mass is 9.97. The van der Waals surface area contributed by atoms with Crippen molar-refractivity contribution < 1.29 is 4.79 Å². The summed E-state index contributed by atoms with van der Waals surface area (Å²) in [4.78, 5) is 16.4. The summed E-state index contributed by atoms with van der Waals surface area (Å²) in [7, 11) is 0. The van der Waals surface area contributed by atoms with Crippen LogP contribution < -0.4 is 11.5 Å². The minimum atomic E-state index is -0.484. The number of hydrogen-bond acceptors (Lipinski definition) is 3. The van der Waals surface area contributed by atoms with Gasteiger partial charge in [0, 0.05) is 10.8 Å². The standard InChI is InChI=1S/C17H17N3O/c1-3-10-7-8-12(17(19)21)16-13(10)14(18)11-6-4-5-9(2)15(11)20-16/h4-8H,3H2,1-2H3,(H2,18,20)(H2,19,21). The number of primary amides is 1. The number of aryl methyl sites for hydroxylation is 2. The monoisotopic (exact) mass is 279 g/mol. The molecule has 0 spiro atoms. The molecule has 3 rings (SSSR count). The number of aromatic nitrogens is 1. The molecule has 4 heteroatoms. The zero-order valence-corrected chi connectivity index (χ0v) is 12.1.